The lowest BCUT2D eigenvalue weighted by Crippen LogP contribution is -2.21. The SMILES string of the molecule is CC(C)C1CCN(c2ccc(C(=O)O)c(Br)c2)C1. The maximum absolute atomic E-state index is 11.0. The number of carboxylic acid groups (broad SMARTS) is 1. The maximum atomic E-state index is 11.0. The van der Waals surface area contributed by atoms with E-state index in [9.17, 15) is 4.79 Å². The number of carboxylic acids is 1. The van der Waals surface area contributed by atoms with Crippen LogP contribution in [0.2, 0.25) is 0 Å². The molecule has 1 atom stereocenters. The van der Waals surface area contributed by atoms with E-state index in [-0.39, 0.29) is 0 Å². The second kappa shape index (κ2) is 5.31. The fourth-order valence-electron chi connectivity index (χ4n) is 2.44. The van der Waals surface area contributed by atoms with Gasteiger partial charge in [-0.1, -0.05) is 13.8 Å². The van der Waals surface area contributed by atoms with Crippen molar-refractivity contribution in [3.05, 3.63) is 28.2 Å². The number of hydrogen-bond donors (Lipinski definition) is 1. The predicted molar refractivity (Wildman–Crippen MR) is 76.3 cm³/mol. The van der Waals surface area contributed by atoms with Crippen molar-refractivity contribution in [2.24, 2.45) is 11.8 Å². The van der Waals surface area contributed by atoms with Crippen molar-refractivity contribution in [2.75, 3.05) is 18.0 Å². The van der Waals surface area contributed by atoms with Crippen LogP contribution < -0.4 is 4.90 Å². The highest BCUT2D eigenvalue weighted by atomic mass is 79.9. The second-order valence-electron chi connectivity index (χ2n) is 5.21. The molecule has 1 saturated heterocycles. The number of anilines is 1. The molecule has 0 saturated carbocycles. The van der Waals surface area contributed by atoms with Gasteiger partial charge in [-0.05, 0) is 52.4 Å². The Balaban J connectivity index is 2.16. The third kappa shape index (κ3) is 2.69. The number of carbonyl (C=O) groups is 1. The third-order valence-electron chi connectivity index (χ3n) is 3.72. The molecular formula is C14H18BrNO2. The molecule has 1 aliphatic rings. The zero-order valence-corrected chi connectivity index (χ0v) is 12.3. The van der Waals surface area contributed by atoms with Gasteiger partial charge in [0.25, 0.3) is 0 Å². The van der Waals surface area contributed by atoms with E-state index in [1.54, 1.807) is 6.07 Å². The molecule has 1 aromatic carbocycles. The van der Waals surface area contributed by atoms with Crippen LogP contribution in [0.5, 0.6) is 0 Å². The highest BCUT2D eigenvalue weighted by molar-refractivity contribution is 9.10. The minimum absolute atomic E-state index is 0.318. The van der Waals surface area contributed by atoms with Crippen LogP contribution >= 0.6 is 15.9 Å². The second-order valence-corrected chi connectivity index (χ2v) is 6.06. The normalized spacial score (nSPS) is 19.6. The van der Waals surface area contributed by atoms with Crippen LogP contribution in [-0.4, -0.2) is 24.2 Å². The molecule has 1 heterocycles. The Morgan fingerprint density at radius 2 is 2.22 bits per heavy atom. The minimum atomic E-state index is -0.894. The van der Waals surface area contributed by atoms with Crippen LogP contribution in [0.3, 0.4) is 0 Å². The topological polar surface area (TPSA) is 40.5 Å². The van der Waals surface area contributed by atoms with Gasteiger partial charge in [0.15, 0.2) is 0 Å². The van der Waals surface area contributed by atoms with Gasteiger partial charge in [-0.25, -0.2) is 4.79 Å². The molecule has 4 heteroatoms. The van der Waals surface area contributed by atoms with E-state index in [1.165, 1.54) is 6.42 Å². The lowest BCUT2D eigenvalue weighted by atomic mass is 9.95. The summed E-state index contributed by atoms with van der Waals surface area (Å²) in [6.45, 7) is 6.65. The molecule has 0 spiro atoms. The van der Waals surface area contributed by atoms with Crippen LogP contribution in [0.15, 0.2) is 22.7 Å². The van der Waals surface area contributed by atoms with Gasteiger partial charge < -0.3 is 10.0 Å². The van der Waals surface area contributed by atoms with Crippen molar-refractivity contribution >= 4 is 27.6 Å². The monoisotopic (exact) mass is 311 g/mol. The number of nitrogens with zero attached hydrogens (tertiary/aromatic N) is 1. The van der Waals surface area contributed by atoms with Crippen molar-refractivity contribution in [1.29, 1.82) is 0 Å². The quantitative estimate of drug-likeness (QED) is 0.926. The Labute approximate surface area is 116 Å². The number of benzene rings is 1. The molecule has 1 N–H and O–H groups in total. The van der Waals surface area contributed by atoms with E-state index in [1.807, 2.05) is 12.1 Å². The van der Waals surface area contributed by atoms with E-state index >= 15 is 0 Å². The third-order valence-corrected chi connectivity index (χ3v) is 4.37. The molecule has 0 aromatic heterocycles. The number of aromatic carboxylic acids is 1. The lowest BCUT2D eigenvalue weighted by molar-refractivity contribution is 0.0696. The van der Waals surface area contributed by atoms with Crippen molar-refractivity contribution < 1.29 is 9.90 Å². The first-order valence-electron chi connectivity index (χ1n) is 6.27. The minimum Gasteiger partial charge on any atom is -0.478 e. The van der Waals surface area contributed by atoms with Gasteiger partial charge in [0, 0.05) is 23.2 Å². The average molecular weight is 312 g/mol. The van der Waals surface area contributed by atoms with Crippen molar-refractivity contribution in [2.45, 2.75) is 20.3 Å². The fraction of sp³-hybridized carbons (Fsp3) is 0.500. The molecule has 0 radical (unpaired) electrons. The number of halogens is 1. The first-order valence-corrected chi connectivity index (χ1v) is 7.06. The highest BCUT2D eigenvalue weighted by Crippen LogP contribution is 2.30. The van der Waals surface area contributed by atoms with Gasteiger partial charge in [0.1, 0.15) is 0 Å². The van der Waals surface area contributed by atoms with E-state index in [4.69, 9.17) is 5.11 Å². The maximum Gasteiger partial charge on any atom is 0.336 e. The Morgan fingerprint density at radius 1 is 1.50 bits per heavy atom. The Kier molecular flexibility index (Phi) is 3.95. The Bertz CT molecular complexity index is 459. The van der Waals surface area contributed by atoms with Gasteiger partial charge in [0.05, 0.1) is 5.56 Å². The summed E-state index contributed by atoms with van der Waals surface area (Å²) in [6, 6.07) is 5.48. The van der Waals surface area contributed by atoms with E-state index < -0.39 is 5.97 Å². The fourth-order valence-corrected chi connectivity index (χ4v) is 2.98. The molecule has 0 amide bonds. The molecule has 3 nitrogen and oxygen atoms in total. The zero-order valence-electron chi connectivity index (χ0n) is 10.7. The van der Waals surface area contributed by atoms with Crippen molar-refractivity contribution in [3.8, 4) is 0 Å². The van der Waals surface area contributed by atoms with Crippen molar-refractivity contribution in [1.82, 2.24) is 0 Å². The summed E-state index contributed by atoms with van der Waals surface area (Å²) in [6.07, 6.45) is 1.22. The van der Waals surface area contributed by atoms with Gasteiger partial charge in [-0.15, -0.1) is 0 Å². The lowest BCUT2D eigenvalue weighted by Gasteiger charge is -2.20. The molecule has 1 unspecified atom stereocenters. The summed E-state index contributed by atoms with van der Waals surface area (Å²) in [4.78, 5) is 13.3. The first-order chi connectivity index (χ1) is 8.49. The molecule has 18 heavy (non-hydrogen) atoms. The highest BCUT2D eigenvalue weighted by Gasteiger charge is 2.25. The summed E-state index contributed by atoms with van der Waals surface area (Å²) in [5.74, 6) is 0.551. The van der Waals surface area contributed by atoms with Crippen LogP contribution in [0, 0.1) is 11.8 Å². The van der Waals surface area contributed by atoms with Crippen LogP contribution in [0.25, 0.3) is 0 Å². The van der Waals surface area contributed by atoms with E-state index in [0.29, 0.717) is 16.0 Å². The predicted octanol–water partition coefficient (Wildman–Crippen LogP) is 3.63. The smallest absolute Gasteiger partial charge is 0.336 e. The Hall–Kier alpha value is -1.03. The summed E-state index contributed by atoms with van der Waals surface area (Å²) < 4.78 is 0.653. The standard InChI is InChI=1S/C14H18BrNO2/c1-9(2)10-5-6-16(8-10)11-3-4-12(14(17)18)13(15)7-11/h3-4,7,9-10H,5-6,8H2,1-2H3,(H,17,18). The molecule has 0 bridgehead atoms. The molecule has 2 rings (SSSR count). The average Bonchev–Trinajstić information content (AvgIpc) is 2.77. The molecule has 1 aromatic rings. The molecule has 98 valence electrons. The first kappa shape index (κ1) is 13.4. The van der Waals surface area contributed by atoms with Crippen LogP contribution in [0.1, 0.15) is 30.6 Å². The summed E-state index contributed by atoms with van der Waals surface area (Å²) >= 11 is 3.33. The Morgan fingerprint density at radius 3 is 2.72 bits per heavy atom. The molecular weight excluding hydrogens is 294 g/mol. The van der Waals surface area contributed by atoms with Crippen molar-refractivity contribution in [3.63, 3.8) is 0 Å². The molecule has 0 aliphatic carbocycles. The van der Waals surface area contributed by atoms with Gasteiger partial charge >= 0.3 is 5.97 Å². The van der Waals surface area contributed by atoms with Gasteiger partial charge in [0.2, 0.25) is 0 Å². The summed E-state index contributed by atoms with van der Waals surface area (Å²) in [5.41, 5.74) is 1.42. The number of rotatable bonds is 3. The molecule has 1 aliphatic heterocycles. The largest absolute Gasteiger partial charge is 0.478 e. The number of hydrogen-bond acceptors (Lipinski definition) is 2. The molecule has 1 fully saturated rings. The van der Waals surface area contributed by atoms with E-state index in [0.717, 1.165) is 24.7 Å². The van der Waals surface area contributed by atoms with Crippen LogP contribution in [0.4, 0.5) is 5.69 Å². The summed E-state index contributed by atoms with van der Waals surface area (Å²) in [5, 5.41) is 8.99. The summed E-state index contributed by atoms with van der Waals surface area (Å²) in [7, 11) is 0. The van der Waals surface area contributed by atoms with Gasteiger partial charge in [-0.2, -0.15) is 0 Å². The zero-order chi connectivity index (χ0) is 13.3. The van der Waals surface area contributed by atoms with Crippen LogP contribution in [-0.2, 0) is 0 Å². The van der Waals surface area contributed by atoms with E-state index in [2.05, 4.69) is 34.7 Å². The van der Waals surface area contributed by atoms with Gasteiger partial charge in [-0.3, -0.25) is 0 Å².